The summed E-state index contributed by atoms with van der Waals surface area (Å²) in [6, 6.07) is 51.8. The Morgan fingerprint density at radius 3 is 2.40 bits per heavy atom. The van der Waals surface area contributed by atoms with E-state index in [0.29, 0.717) is 5.92 Å². The number of fused-ring (bicyclic) bond motifs is 4. The minimum absolute atomic E-state index is 0.0736. The zero-order chi connectivity index (χ0) is 31.8. The third kappa shape index (κ3) is 4.03. The van der Waals surface area contributed by atoms with E-state index in [1.54, 1.807) is 0 Å². The first-order valence-corrected chi connectivity index (χ1v) is 16.7. The number of nitrogens with zero attached hydrogens (tertiary/aromatic N) is 2. The van der Waals surface area contributed by atoms with Gasteiger partial charge in [0.1, 0.15) is 17.3 Å². The highest BCUT2D eigenvalue weighted by molar-refractivity contribution is 6.09. The molecule has 1 aromatic heterocycles. The summed E-state index contributed by atoms with van der Waals surface area (Å²) in [5.74, 6) is 0.506. The maximum absolute atomic E-state index is 6.48. The predicted molar refractivity (Wildman–Crippen MR) is 197 cm³/mol. The minimum atomic E-state index is -0.410. The third-order valence-corrected chi connectivity index (χ3v) is 10.8. The summed E-state index contributed by atoms with van der Waals surface area (Å²) in [6.45, 7) is 0. The number of furan rings is 1. The number of aliphatic imine (C=N–C) groups is 1. The van der Waals surface area contributed by atoms with Crippen LogP contribution in [-0.2, 0) is 5.41 Å². The smallest absolute Gasteiger partial charge is 0.143 e. The normalized spacial score (nSPS) is 21.4. The SMILES string of the molecule is NC(N=Cc1cccc(N2c3cc(-c4cccc5c4oc4ccccc45)ccc3[C@@]34CC3C(c3ccccc3)=CC24)c1)c1ccccc1. The van der Waals surface area contributed by atoms with Crippen molar-refractivity contribution >= 4 is 45.1 Å². The highest BCUT2D eigenvalue weighted by Crippen LogP contribution is 2.73. The lowest BCUT2D eigenvalue weighted by atomic mass is 9.90. The van der Waals surface area contributed by atoms with Gasteiger partial charge in [-0.15, -0.1) is 0 Å². The molecule has 2 aliphatic carbocycles. The maximum atomic E-state index is 6.48. The van der Waals surface area contributed by atoms with Crippen molar-refractivity contribution in [1.82, 2.24) is 0 Å². The van der Waals surface area contributed by atoms with Gasteiger partial charge < -0.3 is 15.1 Å². The quantitative estimate of drug-likeness (QED) is 0.189. The second kappa shape index (κ2) is 10.4. The second-order valence-corrected chi connectivity index (χ2v) is 13.3. The van der Waals surface area contributed by atoms with Gasteiger partial charge in [-0.2, -0.15) is 0 Å². The molecule has 230 valence electrons. The summed E-state index contributed by atoms with van der Waals surface area (Å²) < 4.78 is 6.48. The van der Waals surface area contributed by atoms with Crippen LogP contribution in [-0.4, -0.2) is 12.3 Å². The Hall–Kier alpha value is -5.71. The monoisotopic (exact) mass is 619 g/mol. The molecule has 2 N–H and O–H groups in total. The summed E-state index contributed by atoms with van der Waals surface area (Å²) in [7, 11) is 0. The van der Waals surface area contributed by atoms with E-state index in [1.165, 1.54) is 22.4 Å². The molecule has 1 saturated carbocycles. The molecule has 0 bridgehead atoms. The Balaban J connectivity index is 1.10. The number of hydrogen-bond donors (Lipinski definition) is 1. The van der Waals surface area contributed by atoms with Crippen LogP contribution >= 0.6 is 0 Å². The fraction of sp³-hybridized carbons (Fsp3) is 0.114. The molecule has 4 atom stereocenters. The molecule has 0 radical (unpaired) electrons. The Kier molecular flexibility index (Phi) is 5.94. The zero-order valence-electron chi connectivity index (χ0n) is 26.3. The highest BCUT2D eigenvalue weighted by atomic mass is 16.3. The Morgan fingerprint density at radius 2 is 1.52 bits per heavy atom. The van der Waals surface area contributed by atoms with E-state index >= 15 is 0 Å². The lowest BCUT2D eigenvalue weighted by molar-refractivity contribution is 0.636. The summed E-state index contributed by atoms with van der Waals surface area (Å²) >= 11 is 0. The van der Waals surface area contributed by atoms with Gasteiger partial charge in [0.15, 0.2) is 0 Å². The van der Waals surface area contributed by atoms with E-state index < -0.39 is 6.17 Å². The lowest BCUT2D eigenvalue weighted by Gasteiger charge is -2.28. The van der Waals surface area contributed by atoms with E-state index in [-0.39, 0.29) is 11.5 Å². The van der Waals surface area contributed by atoms with Crippen LogP contribution in [0, 0.1) is 5.92 Å². The molecular weight excluding hydrogens is 587 g/mol. The van der Waals surface area contributed by atoms with Crippen molar-refractivity contribution in [2.24, 2.45) is 16.6 Å². The number of anilines is 2. The molecule has 48 heavy (non-hydrogen) atoms. The number of para-hydroxylation sites is 2. The summed E-state index contributed by atoms with van der Waals surface area (Å²) in [6.07, 6.45) is 5.20. The Morgan fingerprint density at radius 1 is 0.750 bits per heavy atom. The lowest BCUT2D eigenvalue weighted by Crippen LogP contribution is -2.31. The van der Waals surface area contributed by atoms with Gasteiger partial charge in [-0.3, -0.25) is 4.99 Å². The van der Waals surface area contributed by atoms with Gasteiger partial charge in [-0.05, 0) is 70.0 Å². The van der Waals surface area contributed by atoms with Gasteiger partial charge in [0.05, 0.1) is 6.04 Å². The molecular formula is C44H33N3O. The van der Waals surface area contributed by atoms with Crippen molar-refractivity contribution in [1.29, 1.82) is 0 Å². The van der Waals surface area contributed by atoms with Crippen LogP contribution in [0.1, 0.15) is 34.8 Å². The molecule has 1 aliphatic heterocycles. The number of hydrogen-bond acceptors (Lipinski definition) is 4. The molecule has 1 fully saturated rings. The number of benzene rings is 6. The fourth-order valence-corrected chi connectivity index (χ4v) is 8.49. The van der Waals surface area contributed by atoms with E-state index in [4.69, 9.17) is 15.1 Å². The minimum Gasteiger partial charge on any atom is -0.455 e. The van der Waals surface area contributed by atoms with Crippen molar-refractivity contribution in [2.45, 2.75) is 24.0 Å². The molecule has 10 rings (SSSR count). The highest BCUT2D eigenvalue weighted by Gasteiger charge is 2.70. The van der Waals surface area contributed by atoms with Crippen LogP contribution in [0.4, 0.5) is 11.4 Å². The molecule has 0 saturated heterocycles. The van der Waals surface area contributed by atoms with Crippen molar-refractivity contribution in [2.75, 3.05) is 4.90 Å². The van der Waals surface area contributed by atoms with Gasteiger partial charge in [0.2, 0.25) is 0 Å². The van der Waals surface area contributed by atoms with E-state index in [0.717, 1.165) is 56.3 Å². The van der Waals surface area contributed by atoms with Crippen molar-refractivity contribution in [3.63, 3.8) is 0 Å². The first-order valence-electron chi connectivity index (χ1n) is 16.7. The van der Waals surface area contributed by atoms with Gasteiger partial charge >= 0.3 is 0 Å². The van der Waals surface area contributed by atoms with Crippen LogP contribution in [0.25, 0.3) is 38.6 Å². The first kappa shape index (κ1) is 27.4. The van der Waals surface area contributed by atoms with Gasteiger partial charge in [-0.25, -0.2) is 0 Å². The Bertz CT molecular complexity index is 2430. The number of allylic oxidation sites excluding steroid dienone is 1. The molecule has 2 heterocycles. The first-order chi connectivity index (χ1) is 23.7. The second-order valence-electron chi connectivity index (χ2n) is 13.3. The number of nitrogens with two attached hydrogens (primary N) is 1. The van der Waals surface area contributed by atoms with Gasteiger partial charge in [0.25, 0.3) is 0 Å². The standard InChI is InChI=1S/C44H33N3O/c45-43(30-14-5-2-6-15-30)46-27-28-11-9-16-32(23-28)47-39-24-31(33-18-10-19-35-34-17-7-8-20-40(34)48-42(33)35)21-22-37(39)44-26-38(44)36(25-41(44)47)29-12-3-1-4-13-29/h1-25,27,38,41,43H,26,45H2/t38?,41?,43?,44-/m0/s1. The molecule has 6 aromatic carbocycles. The van der Waals surface area contributed by atoms with Crippen LogP contribution in [0.2, 0.25) is 0 Å². The van der Waals surface area contributed by atoms with Crippen molar-refractivity contribution in [3.05, 3.63) is 174 Å². The topological polar surface area (TPSA) is 54.8 Å². The average molecular weight is 620 g/mol. The molecule has 4 heteroatoms. The van der Waals surface area contributed by atoms with Crippen LogP contribution in [0.5, 0.6) is 0 Å². The largest absolute Gasteiger partial charge is 0.455 e. The summed E-state index contributed by atoms with van der Waals surface area (Å²) in [5, 5.41) is 2.30. The average Bonchev–Trinajstić information content (AvgIpc) is 3.48. The van der Waals surface area contributed by atoms with Crippen LogP contribution in [0.3, 0.4) is 0 Å². The van der Waals surface area contributed by atoms with Gasteiger partial charge in [0, 0.05) is 39.3 Å². The third-order valence-electron chi connectivity index (χ3n) is 10.8. The van der Waals surface area contributed by atoms with Gasteiger partial charge in [-0.1, -0.05) is 127 Å². The maximum Gasteiger partial charge on any atom is 0.143 e. The van der Waals surface area contributed by atoms with Crippen molar-refractivity contribution in [3.8, 4) is 11.1 Å². The Labute approximate surface area is 279 Å². The molecule has 3 aliphatic rings. The molecule has 0 amide bonds. The van der Waals surface area contributed by atoms with E-state index in [9.17, 15) is 0 Å². The summed E-state index contributed by atoms with van der Waals surface area (Å²) in [4.78, 5) is 7.30. The number of rotatable bonds is 6. The molecule has 3 unspecified atom stereocenters. The van der Waals surface area contributed by atoms with Crippen LogP contribution in [0.15, 0.2) is 161 Å². The van der Waals surface area contributed by atoms with E-state index in [2.05, 4.69) is 120 Å². The predicted octanol–water partition coefficient (Wildman–Crippen LogP) is 10.2. The van der Waals surface area contributed by atoms with E-state index in [1.807, 2.05) is 42.6 Å². The molecule has 4 nitrogen and oxygen atoms in total. The fourth-order valence-electron chi connectivity index (χ4n) is 8.49. The zero-order valence-corrected chi connectivity index (χ0v) is 26.3. The molecule has 1 spiro atoms. The van der Waals surface area contributed by atoms with Crippen molar-refractivity contribution < 1.29 is 4.42 Å². The summed E-state index contributed by atoms with van der Waals surface area (Å²) in [5.41, 5.74) is 19.3. The molecule has 7 aromatic rings. The van der Waals surface area contributed by atoms with Crippen LogP contribution < -0.4 is 10.6 Å².